The van der Waals surface area contributed by atoms with Crippen LogP contribution in [0.1, 0.15) is 52.7 Å². The molecule has 3 fully saturated rings. The van der Waals surface area contributed by atoms with Gasteiger partial charge >= 0.3 is 6.18 Å². The van der Waals surface area contributed by atoms with E-state index in [-0.39, 0.29) is 30.1 Å². The molecule has 0 bridgehead atoms. The number of ketones is 1. The predicted molar refractivity (Wildman–Crippen MR) is 211 cm³/mol. The molecule has 15 heteroatoms. The van der Waals surface area contributed by atoms with Gasteiger partial charge in [0.25, 0.3) is 11.8 Å². The van der Waals surface area contributed by atoms with Gasteiger partial charge < -0.3 is 5.11 Å². The van der Waals surface area contributed by atoms with Crippen LogP contribution in [0, 0.1) is 23.7 Å². The van der Waals surface area contributed by atoms with Crippen molar-refractivity contribution in [3.63, 3.8) is 0 Å². The third-order valence-electron chi connectivity index (χ3n) is 12.3. The van der Waals surface area contributed by atoms with Crippen molar-refractivity contribution in [2.24, 2.45) is 23.7 Å². The Bertz CT molecular complexity index is 2690. The lowest BCUT2D eigenvalue weighted by Gasteiger charge is -2.51. The van der Waals surface area contributed by atoms with E-state index >= 15 is 9.59 Å². The first-order valence-corrected chi connectivity index (χ1v) is 19.4. The maximum Gasteiger partial charge on any atom is 0.417 e. The number of allylic oxidation sites excluding steroid dienone is 2. The number of aromatic nitrogens is 1. The number of Topliss-reactive ketones (excluding diaryl/α,β-unsaturated/α-hetero) is 1. The topological polar surface area (TPSA) is 137 Å². The molecule has 1 aromatic heterocycles. The van der Waals surface area contributed by atoms with Gasteiger partial charge in [0.2, 0.25) is 11.8 Å². The number of fused-ring (bicyclic) bond motifs is 5. The lowest BCUT2D eigenvalue weighted by Crippen LogP contribution is -2.53. The van der Waals surface area contributed by atoms with Crippen molar-refractivity contribution in [1.82, 2.24) is 9.99 Å². The van der Waals surface area contributed by atoms with Gasteiger partial charge in [-0.15, -0.1) is 0 Å². The Balaban J connectivity index is 1.25. The summed E-state index contributed by atoms with van der Waals surface area (Å²) < 4.78 is 40.7. The average molecular weight is 840 g/mol. The second-order valence-electron chi connectivity index (χ2n) is 15.3. The zero-order chi connectivity index (χ0) is 41.7. The highest BCUT2D eigenvalue weighted by Crippen LogP contribution is 2.65. The molecule has 59 heavy (non-hydrogen) atoms. The van der Waals surface area contributed by atoms with Gasteiger partial charge in [0.05, 0.1) is 39.4 Å². The number of carbonyl (C=O) groups is 5. The Hall–Kier alpha value is -6.05. The van der Waals surface area contributed by atoms with Gasteiger partial charge in [0.15, 0.2) is 11.6 Å². The number of amides is 4. The molecule has 6 atom stereocenters. The summed E-state index contributed by atoms with van der Waals surface area (Å²) in [4.78, 5) is 76.4. The second kappa shape index (κ2) is 13.8. The van der Waals surface area contributed by atoms with Crippen LogP contribution < -0.4 is 10.3 Å². The van der Waals surface area contributed by atoms with Gasteiger partial charge in [0.1, 0.15) is 5.75 Å². The Morgan fingerprint density at radius 1 is 0.898 bits per heavy atom. The molecule has 2 aliphatic carbocycles. The van der Waals surface area contributed by atoms with Gasteiger partial charge in [-0.1, -0.05) is 77.3 Å². The summed E-state index contributed by atoms with van der Waals surface area (Å²) in [7, 11) is 0. The number of phenols is 1. The van der Waals surface area contributed by atoms with Crippen molar-refractivity contribution in [3.05, 3.63) is 141 Å². The monoisotopic (exact) mass is 838 g/mol. The molecule has 9 rings (SSSR count). The summed E-state index contributed by atoms with van der Waals surface area (Å²) in [5.74, 6) is -8.36. The number of imide groups is 2. The Morgan fingerprint density at radius 3 is 2.29 bits per heavy atom. The highest BCUT2D eigenvalue weighted by Gasteiger charge is 2.71. The number of hydrogen-bond donors (Lipinski definition) is 2. The van der Waals surface area contributed by atoms with E-state index in [9.17, 15) is 32.7 Å². The van der Waals surface area contributed by atoms with E-state index in [4.69, 9.17) is 23.2 Å². The number of alkyl halides is 3. The summed E-state index contributed by atoms with van der Waals surface area (Å²) >= 11 is 12.7. The van der Waals surface area contributed by atoms with E-state index in [0.29, 0.717) is 55.3 Å². The summed E-state index contributed by atoms with van der Waals surface area (Å²) in [6, 6.07) is 23.5. The number of rotatable bonds is 6. The largest absolute Gasteiger partial charge is 0.508 e. The molecule has 10 nitrogen and oxygen atoms in total. The van der Waals surface area contributed by atoms with Crippen molar-refractivity contribution >= 4 is 74.9 Å². The Morgan fingerprint density at radius 2 is 1.61 bits per heavy atom. The molecular formula is C44H31Cl2F3N4O6. The van der Waals surface area contributed by atoms with E-state index in [0.717, 1.165) is 4.90 Å². The predicted octanol–water partition coefficient (Wildman–Crippen LogP) is 8.66. The Labute approximate surface area is 344 Å². The summed E-state index contributed by atoms with van der Waals surface area (Å²) in [5, 5.41) is 13.7. The quantitative estimate of drug-likeness (QED) is 0.0986. The van der Waals surface area contributed by atoms with E-state index in [2.05, 4.69) is 10.4 Å². The van der Waals surface area contributed by atoms with Crippen molar-refractivity contribution in [1.29, 1.82) is 0 Å². The van der Waals surface area contributed by atoms with E-state index in [1.165, 1.54) is 37.3 Å². The van der Waals surface area contributed by atoms with Gasteiger partial charge in [0, 0.05) is 28.3 Å². The first kappa shape index (κ1) is 38.5. The summed E-state index contributed by atoms with van der Waals surface area (Å²) in [5.41, 5.74) is 1.52. The number of nitrogens with zero attached hydrogens (tertiary/aromatic N) is 3. The first-order valence-electron chi connectivity index (χ1n) is 18.7. The fourth-order valence-corrected chi connectivity index (χ4v) is 10.1. The standard InChI is InChI=1S/C44H31Cl2F3N4O6/c1-21(54)22-6-13-27(14-7-22)52-39(56)30-16-15-29-31(35(30)41(52)58)19-32-40(57)53(51-38-33(46)18-25(20-50-38)44(47,48)49)42(59)43(32,24-9-11-26(45)12-10-24)37(29)36-28-5-3-2-4-23(28)8-17-34(36)55/h2-15,17-18,20,30-32,35,37,55H,16,19H2,1H3,(H,50,51). The van der Waals surface area contributed by atoms with Crippen LogP contribution in [0.3, 0.4) is 0 Å². The maximum atomic E-state index is 15.6. The smallest absolute Gasteiger partial charge is 0.417 e. The number of carbonyl (C=O) groups excluding carboxylic acids is 5. The first-order chi connectivity index (χ1) is 28.1. The molecule has 4 aliphatic rings. The number of phenolic OH excluding ortho intramolecular Hbond substituents is 1. The fraction of sp³-hybridized carbons (Fsp3) is 0.227. The van der Waals surface area contributed by atoms with Crippen LogP contribution in [-0.2, 0) is 30.8 Å². The van der Waals surface area contributed by atoms with E-state index in [1.54, 1.807) is 42.5 Å². The second-order valence-corrected chi connectivity index (χ2v) is 16.1. The minimum atomic E-state index is -4.77. The SMILES string of the molecule is CC(=O)c1ccc(N2C(=O)C3CC=C4C(CC5C(=O)N(Nc6ncc(C(F)(F)F)cc6Cl)C(=O)C5(c5ccc(Cl)cc5)C4c4c(O)ccc5ccccc45)C3C2=O)cc1. The van der Waals surface area contributed by atoms with Crippen molar-refractivity contribution in [2.45, 2.75) is 37.3 Å². The lowest BCUT2D eigenvalue weighted by atomic mass is 9.48. The van der Waals surface area contributed by atoms with Gasteiger partial charge in [-0.2, -0.15) is 18.2 Å². The summed E-state index contributed by atoms with van der Waals surface area (Å²) in [6.45, 7) is 1.40. The molecule has 0 radical (unpaired) electrons. The highest BCUT2D eigenvalue weighted by atomic mass is 35.5. The molecule has 2 saturated heterocycles. The van der Waals surface area contributed by atoms with Crippen molar-refractivity contribution < 1.29 is 42.3 Å². The number of benzene rings is 4. The van der Waals surface area contributed by atoms with Crippen LogP contribution in [0.2, 0.25) is 10.0 Å². The third kappa shape index (κ3) is 5.76. The normalized spacial score (nSPS) is 25.2. The number of hydrazine groups is 1. The number of anilines is 2. The molecule has 5 aromatic rings. The number of aromatic hydroxyl groups is 1. The lowest BCUT2D eigenvalue weighted by molar-refractivity contribution is -0.139. The fourth-order valence-electron chi connectivity index (χ4n) is 9.78. The van der Waals surface area contributed by atoms with E-state index < -0.39 is 81.2 Å². The molecule has 298 valence electrons. The van der Waals surface area contributed by atoms with Gasteiger partial charge in [-0.05, 0) is 90.6 Å². The van der Waals surface area contributed by atoms with Crippen LogP contribution >= 0.6 is 23.2 Å². The molecular weight excluding hydrogens is 808 g/mol. The zero-order valence-corrected chi connectivity index (χ0v) is 32.3. The minimum absolute atomic E-state index is 0.0989. The highest BCUT2D eigenvalue weighted by molar-refractivity contribution is 6.33. The number of nitrogens with one attached hydrogen (secondary N) is 1. The maximum absolute atomic E-state index is 15.6. The van der Waals surface area contributed by atoms with Crippen LogP contribution in [0.15, 0.2) is 109 Å². The molecule has 0 spiro atoms. The van der Waals surface area contributed by atoms with Gasteiger partial charge in [-0.25, -0.2) is 4.98 Å². The van der Waals surface area contributed by atoms with Gasteiger partial charge in [-0.3, -0.25) is 34.3 Å². The Kier molecular flexibility index (Phi) is 8.98. The molecule has 4 aromatic carbocycles. The zero-order valence-electron chi connectivity index (χ0n) is 30.8. The minimum Gasteiger partial charge on any atom is -0.508 e. The number of pyridine rings is 1. The van der Waals surface area contributed by atoms with Crippen molar-refractivity contribution in [2.75, 3.05) is 10.3 Å². The molecule has 6 unspecified atom stereocenters. The number of hydrogen-bond acceptors (Lipinski definition) is 8. The molecule has 4 amide bonds. The molecule has 2 aliphatic heterocycles. The van der Waals surface area contributed by atoms with Crippen LogP contribution in [0.25, 0.3) is 10.8 Å². The van der Waals surface area contributed by atoms with E-state index in [1.807, 2.05) is 18.2 Å². The van der Waals surface area contributed by atoms with Crippen LogP contribution in [0.5, 0.6) is 5.75 Å². The van der Waals surface area contributed by atoms with Crippen LogP contribution in [0.4, 0.5) is 24.7 Å². The van der Waals surface area contributed by atoms with Crippen molar-refractivity contribution in [3.8, 4) is 5.75 Å². The van der Waals surface area contributed by atoms with Crippen LogP contribution in [-0.4, -0.2) is 44.5 Å². The summed E-state index contributed by atoms with van der Waals surface area (Å²) in [6.07, 6.45) is -2.42. The molecule has 1 saturated carbocycles. The number of halogens is 5. The average Bonchev–Trinajstić information content (AvgIpc) is 3.59. The molecule has 2 N–H and O–H groups in total. The third-order valence-corrected chi connectivity index (χ3v) is 12.9. The molecule has 3 heterocycles.